The van der Waals surface area contributed by atoms with Crippen molar-refractivity contribution in [3.63, 3.8) is 0 Å². The van der Waals surface area contributed by atoms with Crippen molar-refractivity contribution in [3.05, 3.63) is 64.9 Å². The van der Waals surface area contributed by atoms with E-state index in [2.05, 4.69) is 24.4 Å². The predicted octanol–water partition coefficient (Wildman–Crippen LogP) is 5.70. The minimum atomic E-state index is -0.509. The van der Waals surface area contributed by atoms with Gasteiger partial charge >= 0.3 is 5.97 Å². The summed E-state index contributed by atoms with van der Waals surface area (Å²) in [5.74, 6) is 2.03. The highest BCUT2D eigenvalue weighted by Gasteiger charge is 2.20. The molecule has 5 heteroatoms. The van der Waals surface area contributed by atoms with E-state index in [1.165, 1.54) is 18.4 Å². The van der Waals surface area contributed by atoms with Crippen LogP contribution in [0.4, 0.5) is 0 Å². The summed E-state index contributed by atoms with van der Waals surface area (Å²) < 4.78 is 17.6. The number of para-hydroxylation sites is 1. The number of fused-ring (bicyclic) bond motifs is 1. The number of rotatable bonds is 9. The normalized spacial score (nSPS) is 14.0. The van der Waals surface area contributed by atoms with Crippen LogP contribution in [0.5, 0.6) is 5.75 Å². The molecule has 0 saturated heterocycles. The fourth-order valence-corrected chi connectivity index (χ4v) is 3.85. The minimum absolute atomic E-state index is 0.171. The van der Waals surface area contributed by atoms with Gasteiger partial charge in [-0.15, -0.1) is 0 Å². The highest BCUT2D eigenvalue weighted by atomic mass is 16.6. The van der Waals surface area contributed by atoms with E-state index in [4.69, 9.17) is 13.9 Å². The third kappa shape index (κ3) is 6.13. The van der Waals surface area contributed by atoms with Crippen molar-refractivity contribution in [1.82, 2.24) is 5.32 Å². The van der Waals surface area contributed by atoms with E-state index in [1.807, 2.05) is 51.1 Å². The summed E-state index contributed by atoms with van der Waals surface area (Å²) >= 11 is 0. The Morgan fingerprint density at radius 1 is 1.16 bits per heavy atom. The lowest BCUT2D eigenvalue weighted by Crippen LogP contribution is -2.25. The van der Waals surface area contributed by atoms with Gasteiger partial charge in [0, 0.05) is 17.5 Å². The third-order valence-electron chi connectivity index (χ3n) is 5.47. The zero-order chi connectivity index (χ0) is 22.7. The SMILES string of the molecule is Cc1cc(CNCC2CC2)cc2cc(COc3ccccc3CC(=O)OC(C)(C)C)oc12. The Morgan fingerprint density at radius 2 is 1.94 bits per heavy atom. The Labute approximate surface area is 190 Å². The van der Waals surface area contributed by atoms with Crippen molar-refractivity contribution >= 4 is 16.9 Å². The van der Waals surface area contributed by atoms with Crippen molar-refractivity contribution in [2.24, 2.45) is 5.92 Å². The van der Waals surface area contributed by atoms with Gasteiger partial charge in [-0.3, -0.25) is 4.79 Å². The fraction of sp³-hybridized carbons (Fsp3) is 0.444. The van der Waals surface area contributed by atoms with Crippen molar-refractivity contribution in [1.29, 1.82) is 0 Å². The minimum Gasteiger partial charge on any atom is -0.485 e. The summed E-state index contributed by atoms with van der Waals surface area (Å²) in [4.78, 5) is 12.3. The second kappa shape index (κ2) is 9.37. The van der Waals surface area contributed by atoms with Crippen LogP contribution >= 0.6 is 0 Å². The maximum absolute atomic E-state index is 12.3. The lowest BCUT2D eigenvalue weighted by atomic mass is 10.1. The molecule has 1 saturated carbocycles. The maximum atomic E-state index is 12.3. The number of benzene rings is 2. The van der Waals surface area contributed by atoms with E-state index in [0.717, 1.165) is 46.9 Å². The molecule has 1 aliphatic carbocycles. The number of nitrogens with one attached hydrogen (secondary N) is 1. The van der Waals surface area contributed by atoms with Crippen molar-refractivity contribution in [2.45, 2.75) is 65.7 Å². The van der Waals surface area contributed by atoms with Gasteiger partial charge in [-0.1, -0.05) is 24.3 Å². The molecule has 32 heavy (non-hydrogen) atoms. The lowest BCUT2D eigenvalue weighted by Gasteiger charge is -2.20. The molecule has 1 aliphatic rings. The molecule has 0 aliphatic heterocycles. The Kier molecular flexibility index (Phi) is 6.56. The van der Waals surface area contributed by atoms with Crippen LogP contribution in [0.2, 0.25) is 0 Å². The highest BCUT2D eigenvalue weighted by molar-refractivity contribution is 5.82. The molecule has 0 bridgehead atoms. The molecule has 1 fully saturated rings. The largest absolute Gasteiger partial charge is 0.485 e. The average molecular weight is 436 g/mol. The summed E-state index contributed by atoms with van der Waals surface area (Å²) in [6, 6.07) is 14.0. The molecular formula is C27H33NO4. The molecule has 5 nitrogen and oxygen atoms in total. The smallest absolute Gasteiger partial charge is 0.310 e. The second-order valence-electron chi connectivity index (χ2n) is 9.78. The first-order valence-corrected chi connectivity index (χ1v) is 11.4. The van der Waals surface area contributed by atoms with Gasteiger partial charge in [0.1, 0.15) is 29.3 Å². The summed E-state index contributed by atoms with van der Waals surface area (Å²) in [7, 11) is 0. The molecule has 1 aromatic heterocycles. The molecule has 0 radical (unpaired) electrons. The van der Waals surface area contributed by atoms with E-state index in [9.17, 15) is 4.79 Å². The van der Waals surface area contributed by atoms with Crippen molar-refractivity contribution in [3.8, 4) is 5.75 Å². The average Bonchev–Trinajstić information content (AvgIpc) is 3.43. The first-order valence-electron chi connectivity index (χ1n) is 11.4. The number of esters is 1. The van der Waals surface area contributed by atoms with Gasteiger partial charge in [-0.05, 0) is 82.3 Å². The Bertz CT molecular complexity index is 1090. The molecule has 1 N–H and O–H groups in total. The van der Waals surface area contributed by atoms with Crippen LogP contribution in [0, 0.1) is 12.8 Å². The van der Waals surface area contributed by atoms with Gasteiger partial charge in [0.05, 0.1) is 6.42 Å². The Morgan fingerprint density at radius 3 is 2.69 bits per heavy atom. The van der Waals surface area contributed by atoms with Gasteiger partial charge in [-0.25, -0.2) is 0 Å². The molecule has 0 spiro atoms. The lowest BCUT2D eigenvalue weighted by molar-refractivity contribution is -0.153. The van der Waals surface area contributed by atoms with Crippen LogP contribution in [0.25, 0.3) is 11.0 Å². The van der Waals surface area contributed by atoms with Gasteiger partial charge < -0.3 is 19.2 Å². The van der Waals surface area contributed by atoms with Crippen LogP contribution in [-0.2, 0) is 29.1 Å². The summed E-state index contributed by atoms with van der Waals surface area (Å²) in [5.41, 5.74) is 3.59. The first kappa shape index (κ1) is 22.4. The predicted molar refractivity (Wildman–Crippen MR) is 126 cm³/mol. The van der Waals surface area contributed by atoms with E-state index >= 15 is 0 Å². The van der Waals surface area contributed by atoms with Gasteiger partial charge in [0.25, 0.3) is 0 Å². The summed E-state index contributed by atoms with van der Waals surface area (Å²) in [6.07, 6.45) is 2.89. The molecule has 3 aromatic rings. The van der Waals surface area contributed by atoms with E-state index in [1.54, 1.807) is 0 Å². The van der Waals surface area contributed by atoms with Crippen LogP contribution in [0.1, 0.15) is 56.1 Å². The monoisotopic (exact) mass is 435 g/mol. The number of hydrogen-bond donors (Lipinski definition) is 1. The summed E-state index contributed by atoms with van der Waals surface area (Å²) in [5, 5.41) is 4.64. The van der Waals surface area contributed by atoms with E-state index in [-0.39, 0.29) is 12.4 Å². The molecular weight excluding hydrogens is 402 g/mol. The van der Waals surface area contributed by atoms with Crippen LogP contribution in [0.3, 0.4) is 0 Å². The van der Waals surface area contributed by atoms with E-state index < -0.39 is 5.60 Å². The van der Waals surface area contributed by atoms with Gasteiger partial charge in [0.15, 0.2) is 0 Å². The molecule has 0 atom stereocenters. The van der Waals surface area contributed by atoms with Crippen LogP contribution < -0.4 is 10.1 Å². The Balaban J connectivity index is 1.41. The topological polar surface area (TPSA) is 60.7 Å². The number of furan rings is 1. The van der Waals surface area contributed by atoms with Gasteiger partial charge in [-0.2, -0.15) is 0 Å². The maximum Gasteiger partial charge on any atom is 0.310 e. The molecule has 4 rings (SSSR count). The zero-order valence-electron chi connectivity index (χ0n) is 19.5. The second-order valence-corrected chi connectivity index (χ2v) is 9.78. The number of carbonyl (C=O) groups is 1. The number of aryl methyl sites for hydroxylation is 1. The fourth-order valence-electron chi connectivity index (χ4n) is 3.85. The zero-order valence-corrected chi connectivity index (χ0v) is 19.5. The van der Waals surface area contributed by atoms with Crippen LogP contribution in [0.15, 0.2) is 46.9 Å². The van der Waals surface area contributed by atoms with Gasteiger partial charge in [0.2, 0.25) is 0 Å². The molecule has 0 unspecified atom stereocenters. The quantitative estimate of drug-likeness (QED) is 0.437. The van der Waals surface area contributed by atoms with Crippen molar-refractivity contribution < 1.29 is 18.7 Å². The Hall–Kier alpha value is -2.79. The highest BCUT2D eigenvalue weighted by Crippen LogP contribution is 2.29. The van der Waals surface area contributed by atoms with Crippen LogP contribution in [-0.4, -0.2) is 18.1 Å². The van der Waals surface area contributed by atoms with E-state index in [0.29, 0.717) is 12.4 Å². The number of ether oxygens (including phenoxy) is 2. The first-order chi connectivity index (χ1) is 15.3. The van der Waals surface area contributed by atoms with Crippen molar-refractivity contribution in [2.75, 3.05) is 6.54 Å². The number of hydrogen-bond acceptors (Lipinski definition) is 5. The summed E-state index contributed by atoms with van der Waals surface area (Å²) in [6.45, 7) is 9.96. The molecule has 170 valence electrons. The number of carbonyl (C=O) groups excluding carboxylic acids is 1. The molecule has 0 amide bonds. The third-order valence-corrected chi connectivity index (χ3v) is 5.47. The molecule has 2 aromatic carbocycles. The molecule has 1 heterocycles. The standard InChI is InChI=1S/C27H33NO4/c1-18-11-20(16-28-15-19-9-10-19)12-22-13-23(31-26(18)22)17-30-24-8-6-5-7-21(24)14-25(29)32-27(2,3)4/h5-8,11-13,19,28H,9-10,14-17H2,1-4H3.